The van der Waals surface area contributed by atoms with Crippen LogP contribution in [0.25, 0.3) is 0 Å². The second-order valence-corrected chi connectivity index (χ2v) is 6.22. The second-order valence-electron chi connectivity index (χ2n) is 6.22. The van der Waals surface area contributed by atoms with E-state index in [4.69, 9.17) is 9.47 Å². The Morgan fingerprint density at radius 2 is 1.59 bits per heavy atom. The largest absolute Gasteiger partial charge is 0.469 e. The summed E-state index contributed by atoms with van der Waals surface area (Å²) < 4.78 is 10.1. The predicted molar refractivity (Wildman–Crippen MR) is 63.2 cm³/mol. The fraction of sp³-hybridized carbons (Fsp3) is 0.846. The van der Waals surface area contributed by atoms with Crippen molar-refractivity contribution in [1.82, 2.24) is 0 Å². The van der Waals surface area contributed by atoms with Crippen LogP contribution in [0.1, 0.15) is 41.0 Å². The van der Waals surface area contributed by atoms with E-state index in [9.17, 15) is 9.59 Å². The van der Waals surface area contributed by atoms with Crippen LogP contribution in [-0.4, -0.2) is 24.6 Å². The molecule has 17 heavy (non-hydrogen) atoms. The molecule has 2 atom stereocenters. The van der Waals surface area contributed by atoms with Gasteiger partial charge in [0.05, 0.1) is 18.9 Å². The van der Waals surface area contributed by atoms with Gasteiger partial charge in [-0.05, 0) is 32.6 Å². The molecule has 0 heterocycles. The minimum atomic E-state index is -0.483. The molecule has 0 aliphatic heterocycles. The highest BCUT2D eigenvalue weighted by Crippen LogP contribution is 2.52. The summed E-state index contributed by atoms with van der Waals surface area (Å²) in [5, 5.41) is 0. The van der Waals surface area contributed by atoms with Gasteiger partial charge in [-0.15, -0.1) is 0 Å². The van der Waals surface area contributed by atoms with Crippen molar-refractivity contribution >= 4 is 11.9 Å². The van der Waals surface area contributed by atoms with Gasteiger partial charge in [-0.2, -0.15) is 0 Å². The monoisotopic (exact) mass is 242 g/mol. The SMILES string of the molecule is COC(=O)[C@H]1C[C@@H](C(=O)OC(C)(C)C)C1(C)C. The van der Waals surface area contributed by atoms with Crippen LogP contribution < -0.4 is 0 Å². The summed E-state index contributed by atoms with van der Waals surface area (Å²) in [6.07, 6.45) is 0.522. The van der Waals surface area contributed by atoms with Crippen molar-refractivity contribution in [2.75, 3.05) is 7.11 Å². The highest BCUT2D eigenvalue weighted by molar-refractivity contribution is 5.82. The number of ether oxygens (including phenoxy) is 2. The van der Waals surface area contributed by atoms with Crippen molar-refractivity contribution in [2.45, 2.75) is 46.6 Å². The molecule has 0 saturated heterocycles. The number of methoxy groups -OCH3 is 1. The molecule has 0 bridgehead atoms. The fourth-order valence-electron chi connectivity index (χ4n) is 2.24. The topological polar surface area (TPSA) is 52.6 Å². The molecule has 1 aliphatic rings. The van der Waals surface area contributed by atoms with Crippen LogP contribution in [0.5, 0.6) is 0 Å². The molecule has 0 aromatic rings. The molecule has 4 nitrogen and oxygen atoms in total. The van der Waals surface area contributed by atoms with Crippen LogP contribution in [0.3, 0.4) is 0 Å². The minimum absolute atomic E-state index is 0.204. The maximum absolute atomic E-state index is 11.9. The fourth-order valence-corrected chi connectivity index (χ4v) is 2.24. The van der Waals surface area contributed by atoms with E-state index in [2.05, 4.69) is 0 Å². The van der Waals surface area contributed by atoms with Gasteiger partial charge in [0.15, 0.2) is 0 Å². The van der Waals surface area contributed by atoms with E-state index in [1.54, 1.807) is 0 Å². The van der Waals surface area contributed by atoms with Gasteiger partial charge in [0.25, 0.3) is 0 Å². The average Bonchev–Trinajstić information content (AvgIpc) is 2.12. The molecule has 0 radical (unpaired) electrons. The summed E-state index contributed by atoms with van der Waals surface area (Å²) >= 11 is 0. The summed E-state index contributed by atoms with van der Waals surface area (Å²) in [7, 11) is 1.37. The van der Waals surface area contributed by atoms with Crippen LogP contribution in [0, 0.1) is 17.3 Å². The lowest BCUT2D eigenvalue weighted by molar-refractivity contribution is -0.184. The maximum Gasteiger partial charge on any atom is 0.310 e. The first-order valence-corrected chi connectivity index (χ1v) is 5.90. The van der Waals surface area contributed by atoms with Gasteiger partial charge < -0.3 is 9.47 Å². The Labute approximate surface area is 103 Å². The molecular weight excluding hydrogens is 220 g/mol. The summed E-state index contributed by atoms with van der Waals surface area (Å²) in [5.74, 6) is -0.881. The van der Waals surface area contributed by atoms with E-state index in [0.717, 1.165) is 0 Å². The minimum Gasteiger partial charge on any atom is -0.469 e. The third-order valence-electron chi connectivity index (χ3n) is 3.44. The highest BCUT2D eigenvalue weighted by atomic mass is 16.6. The molecule has 1 rings (SSSR count). The van der Waals surface area contributed by atoms with Crippen molar-refractivity contribution in [3.63, 3.8) is 0 Å². The maximum atomic E-state index is 11.9. The molecule has 0 unspecified atom stereocenters. The van der Waals surface area contributed by atoms with E-state index in [1.807, 2.05) is 34.6 Å². The standard InChI is InChI=1S/C13H22O4/c1-12(2,3)17-11(15)9-7-8(10(14)16-6)13(9,4)5/h8-9H,7H2,1-6H3/t8-,9+/m1/s1. The molecule has 0 amide bonds. The van der Waals surface area contributed by atoms with E-state index < -0.39 is 5.60 Å². The third kappa shape index (κ3) is 2.79. The number of rotatable bonds is 2. The first kappa shape index (κ1) is 14.0. The Kier molecular flexibility index (Phi) is 3.55. The van der Waals surface area contributed by atoms with Crippen LogP contribution in [0.15, 0.2) is 0 Å². The van der Waals surface area contributed by atoms with Crippen molar-refractivity contribution in [3.05, 3.63) is 0 Å². The Balaban J connectivity index is 2.67. The first-order valence-electron chi connectivity index (χ1n) is 5.90. The van der Waals surface area contributed by atoms with Gasteiger partial charge in [0, 0.05) is 0 Å². The van der Waals surface area contributed by atoms with Gasteiger partial charge in [0.2, 0.25) is 0 Å². The normalized spacial score (nSPS) is 26.9. The Hall–Kier alpha value is -1.06. The zero-order valence-corrected chi connectivity index (χ0v) is 11.5. The molecule has 1 fully saturated rings. The zero-order valence-electron chi connectivity index (χ0n) is 11.5. The van der Waals surface area contributed by atoms with E-state index >= 15 is 0 Å². The number of hydrogen-bond donors (Lipinski definition) is 0. The molecule has 0 aromatic carbocycles. The molecule has 98 valence electrons. The second kappa shape index (κ2) is 4.31. The quantitative estimate of drug-likeness (QED) is 0.696. The van der Waals surface area contributed by atoms with E-state index in [1.165, 1.54) is 7.11 Å². The summed E-state index contributed by atoms with van der Waals surface area (Å²) in [5.41, 5.74) is -0.862. The number of hydrogen-bond acceptors (Lipinski definition) is 4. The van der Waals surface area contributed by atoms with Crippen LogP contribution in [-0.2, 0) is 19.1 Å². The van der Waals surface area contributed by atoms with Gasteiger partial charge in [-0.25, -0.2) is 0 Å². The van der Waals surface area contributed by atoms with Crippen molar-refractivity contribution in [1.29, 1.82) is 0 Å². The average molecular weight is 242 g/mol. The third-order valence-corrected chi connectivity index (χ3v) is 3.44. The Bertz CT molecular complexity index is 325. The molecule has 4 heteroatoms. The van der Waals surface area contributed by atoms with Crippen molar-refractivity contribution in [2.24, 2.45) is 17.3 Å². The Morgan fingerprint density at radius 3 is 1.94 bits per heavy atom. The molecule has 0 spiro atoms. The summed E-state index contributed by atoms with van der Waals surface area (Å²) in [4.78, 5) is 23.4. The molecular formula is C13H22O4. The number of carbonyl (C=O) groups excluding carboxylic acids is 2. The van der Waals surface area contributed by atoms with Gasteiger partial charge in [-0.1, -0.05) is 13.8 Å². The molecule has 0 aromatic heterocycles. The highest BCUT2D eigenvalue weighted by Gasteiger charge is 2.56. The molecule has 1 saturated carbocycles. The lowest BCUT2D eigenvalue weighted by Crippen LogP contribution is -2.53. The number of carbonyl (C=O) groups is 2. The van der Waals surface area contributed by atoms with Crippen LogP contribution in [0.4, 0.5) is 0 Å². The van der Waals surface area contributed by atoms with Crippen LogP contribution >= 0.6 is 0 Å². The molecule has 0 N–H and O–H groups in total. The summed E-state index contributed by atoms with van der Waals surface area (Å²) in [6, 6.07) is 0. The van der Waals surface area contributed by atoms with Crippen molar-refractivity contribution < 1.29 is 19.1 Å². The smallest absolute Gasteiger partial charge is 0.310 e. The predicted octanol–water partition coefficient (Wildman–Crippen LogP) is 2.16. The van der Waals surface area contributed by atoms with E-state index in [-0.39, 0.29) is 29.2 Å². The molecule has 1 aliphatic carbocycles. The van der Waals surface area contributed by atoms with Crippen molar-refractivity contribution in [3.8, 4) is 0 Å². The number of esters is 2. The summed E-state index contributed by atoms with van der Waals surface area (Å²) in [6.45, 7) is 9.34. The van der Waals surface area contributed by atoms with Crippen LogP contribution in [0.2, 0.25) is 0 Å². The van der Waals surface area contributed by atoms with Gasteiger partial charge >= 0.3 is 11.9 Å². The van der Waals surface area contributed by atoms with Gasteiger partial charge in [0.1, 0.15) is 5.60 Å². The van der Waals surface area contributed by atoms with E-state index in [0.29, 0.717) is 6.42 Å². The lowest BCUT2D eigenvalue weighted by atomic mass is 9.54. The van der Waals surface area contributed by atoms with Gasteiger partial charge in [-0.3, -0.25) is 9.59 Å². The zero-order chi connectivity index (χ0) is 13.4. The Morgan fingerprint density at radius 1 is 1.12 bits per heavy atom. The lowest BCUT2D eigenvalue weighted by Gasteiger charge is -2.49. The first-order chi connectivity index (χ1) is 7.59.